The van der Waals surface area contributed by atoms with E-state index in [1.807, 2.05) is 0 Å². The third kappa shape index (κ3) is 4.34. The highest BCUT2D eigenvalue weighted by Crippen LogP contribution is 2.21. The summed E-state index contributed by atoms with van der Waals surface area (Å²) in [6, 6.07) is 7.56. The van der Waals surface area contributed by atoms with E-state index >= 15 is 0 Å². The predicted octanol–water partition coefficient (Wildman–Crippen LogP) is -0.187. The highest BCUT2D eigenvalue weighted by molar-refractivity contribution is 5.94. The van der Waals surface area contributed by atoms with Gasteiger partial charge in [0.1, 0.15) is 11.4 Å². The molecule has 0 aliphatic rings. The zero-order valence-electron chi connectivity index (χ0n) is 13.8. The lowest BCUT2D eigenvalue weighted by molar-refractivity contribution is -0.118. The Bertz CT molecular complexity index is 847. The quantitative estimate of drug-likeness (QED) is 0.623. The third-order valence-corrected chi connectivity index (χ3v) is 3.22. The van der Waals surface area contributed by atoms with Crippen molar-refractivity contribution in [3.63, 3.8) is 0 Å². The largest absolute Gasteiger partial charge is 0.505 e. The second-order valence-electron chi connectivity index (χ2n) is 5.04. The van der Waals surface area contributed by atoms with Crippen LogP contribution in [0.3, 0.4) is 0 Å². The molecule has 0 radical (unpaired) electrons. The maximum Gasteiger partial charge on any atom is 0.275 e. The van der Waals surface area contributed by atoms with E-state index < -0.39 is 17.2 Å². The van der Waals surface area contributed by atoms with Crippen LogP contribution < -0.4 is 20.9 Å². The maximum absolute atomic E-state index is 12.2. The molecule has 3 N–H and O–H groups in total. The second kappa shape index (κ2) is 7.95. The van der Waals surface area contributed by atoms with Gasteiger partial charge in [0.25, 0.3) is 11.5 Å². The van der Waals surface area contributed by atoms with Gasteiger partial charge in [0.2, 0.25) is 5.91 Å². The summed E-state index contributed by atoms with van der Waals surface area (Å²) in [5, 5.41) is 18.8. The summed E-state index contributed by atoms with van der Waals surface area (Å²) in [6.45, 7) is 1.74. The molecular formula is C16H18N4O5. The van der Waals surface area contributed by atoms with Crippen LogP contribution in [0.15, 0.2) is 35.1 Å². The van der Waals surface area contributed by atoms with Crippen molar-refractivity contribution in [2.24, 2.45) is 0 Å². The molecule has 0 fully saturated rings. The Kier molecular flexibility index (Phi) is 5.72. The van der Waals surface area contributed by atoms with E-state index in [2.05, 4.69) is 15.7 Å². The van der Waals surface area contributed by atoms with Gasteiger partial charge in [0, 0.05) is 26.1 Å². The fourth-order valence-electron chi connectivity index (χ4n) is 2.08. The third-order valence-electron chi connectivity index (χ3n) is 3.22. The van der Waals surface area contributed by atoms with Crippen LogP contribution in [0.5, 0.6) is 11.5 Å². The molecule has 1 aromatic carbocycles. The van der Waals surface area contributed by atoms with Crippen LogP contribution in [0, 0.1) is 0 Å². The number of carbonyl (C=O) groups excluding carboxylic acids is 2. The van der Waals surface area contributed by atoms with E-state index in [4.69, 9.17) is 4.74 Å². The van der Waals surface area contributed by atoms with Crippen molar-refractivity contribution >= 4 is 11.8 Å². The number of benzene rings is 1. The maximum atomic E-state index is 12.2. The average Bonchev–Trinajstić information content (AvgIpc) is 2.58. The van der Waals surface area contributed by atoms with Crippen LogP contribution in [-0.2, 0) is 4.79 Å². The van der Waals surface area contributed by atoms with Crippen molar-refractivity contribution in [3.05, 3.63) is 46.4 Å². The molecule has 132 valence electrons. The molecular weight excluding hydrogens is 328 g/mol. The van der Waals surface area contributed by atoms with Crippen LogP contribution in [0.25, 0.3) is 5.69 Å². The van der Waals surface area contributed by atoms with Crippen molar-refractivity contribution in [2.45, 2.75) is 6.92 Å². The molecule has 9 nitrogen and oxygen atoms in total. The van der Waals surface area contributed by atoms with Crippen LogP contribution >= 0.6 is 0 Å². The van der Waals surface area contributed by atoms with Crippen molar-refractivity contribution in [3.8, 4) is 17.2 Å². The molecule has 25 heavy (non-hydrogen) atoms. The van der Waals surface area contributed by atoms with Gasteiger partial charge in [-0.05, 0) is 12.1 Å². The molecule has 1 aromatic heterocycles. The lowest BCUT2D eigenvalue weighted by Gasteiger charge is -2.12. The zero-order valence-corrected chi connectivity index (χ0v) is 13.8. The summed E-state index contributed by atoms with van der Waals surface area (Å²) >= 11 is 0. The molecule has 2 rings (SSSR count). The topological polar surface area (TPSA) is 123 Å². The predicted molar refractivity (Wildman–Crippen MR) is 89.1 cm³/mol. The molecule has 2 amide bonds. The van der Waals surface area contributed by atoms with Crippen molar-refractivity contribution in [1.82, 2.24) is 20.4 Å². The minimum atomic E-state index is -0.675. The molecule has 0 atom stereocenters. The molecule has 0 unspecified atom stereocenters. The molecule has 0 aliphatic heterocycles. The summed E-state index contributed by atoms with van der Waals surface area (Å²) in [6.07, 6.45) is 0. The van der Waals surface area contributed by atoms with Gasteiger partial charge >= 0.3 is 0 Å². The molecule has 9 heteroatoms. The van der Waals surface area contributed by atoms with Gasteiger partial charge in [0.05, 0.1) is 7.11 Å². The average molecular weight is 346 g/mol. The lowest BCUT2D eigenvalue weighted by atomic mass is 10.3. The fourth-order valence-corrected chi connectivity index (χ4v) is 2.08. The number of hydrogen-bond donors (Lipinski definition) is 3. The number of amides is 2. The number of aromatic hydroxyl groups is 1. The molecule has 0 bridgehead atoms. The van der Waals surface area contributed by atoms with Gasteiger partial charge < -0.3 is 20.5 Å². The lowest BCUT2D eigenvalue weighted by Crippen LogP contribution is -2.35. The first-order valence-corrected chi connectivity index (χ1v) is 7.43. The van der Waals surface area contributed by atoms with Crippen LogP contribution in [0.4, 0.5) is 0 Å². The van der Waals surface area contributed by atoms with E-state index in [1.165, 1.54) is 14.0 Å². The Morgan fingerprint density at radius 3 is 2.60 bits per heavy atom. The van der Waals surface area contributed by atoms with E-state index in [0.29, 0.717) is 11.4 Å². The Labute approximate surface area is 143 Å². The molecule has 0 aliphatic carbocycles. The molecule has 0 saturated heterocycles. The van der Waals surface area contributed by atoms with Crippen LogP contribution in [0.1, 0.15) is 17.4 Å². The van der Waals surface area contributed by atoms with Crippen molar-refractivity contribution in [1.29, 1.82) is 0 Å². The molecule has 2 aromatic rings. The Morgan fingerprint density at radius 2 is 1.92 bits per heavy atom. The Morgan fingerprint density at radius 1 is 1.24 bits per heavy atom. The SMILES string of the molecule is COc1ccccc1-n1nc(C(=O)NCCNC(C)=O)c(O)cc1=O. The second-order valence-corrected chi connectivity index (χ2v) is 5.04. The Balaban J connectivity index is 2.30. The number of nitrogens with zero attached hydrogens (tertiary/aromatic N) is 2. The minimum Gasteiger partial charge on any atom is -0.505 e. The number of ether oxygens (including phenoxy) is 1. The highest BCUT2D eigenvalue weighted by atomic mass is 16.5. The van der Waals surface area contributed by atoms with E-state index in [9.17, 15) is 19.5 Å². The smallest absolute Gasteiger partial charge is 0.275 e. The van der Waals surface area contributed by atoms with Crippen LogP contribution in [-0.4, -0.2) is 46.9 Å². The normalized spacial score (nSPS) is 10.2. The molecule has 0 spiro atoms. The number of para-hydroxylation sites is 2. The fraction of sp³-hybridized carbons (Fsp3) is 0.250. The van der Waals surface area contributed by atoms with Crippen molar-refractivity contribution in [2.75, 3.05) is 20.2 Å². The van der Waals surface area contributed by atoms with Crippen molar-refractivity contribution < 1.29 is 19.4 Å². The number of aromatic nitrogens is 2. The highest BCUT2D eigenvalue weighted by Gasteiger charge is 2.17. The number of carbonyl (C=O) groups is 2. The van der Waals surface area contributed by atoms with Gasteiger partial charge in [-0.15, -0.1) is 0 Å². The number of nitrogens with one attached hydrogen (secondary N) is 2. The van der Waals surface area contributed by atoms with Crippen LogP contribution in [0.2, 0.25) is 0 Å². The first-order valence-electron chi connectivity index (χ1n) is 7.43. The van der Waals surface area contributed by atoms with E-state index in [1.54, 1.807) is 24.3 Å². The van der Waals surface area contributed by atoms with E-state index in [-0.39, 0.29) is 24.7 Å². The summed E-state index contributed by atoms with van der Waals surface area (Å²) < 4.78 is 6.16. The van der Waals surface area contributed by atoms with Gasteiger partial charge in [0.15, 0.2) is 11.4 Å². The van der Waals surface area contributed by atoms with Gasteiger partial charge in [-0.3, -0.25) is 14.4 Å². The first-order chi connectivity index (χ1) is 11.9. The summed E-state index contributed by atoms with van der Waals surface area (Å²) in [7, 11) is 1.44. The number of methoxy groups -OCH3 is 1. The molecule has 1 heterocycles. The monoisotopic (exact) mass is 346 g/mol. The summed E-state index contributed by atoms with van der Waals surface area (Å²) in [5.74, 6) is -1.04. The van der Waals surface area contributed by atoms with Gasteiger partial charge in [-0.2, -0.15) is 9.78 Å². The number of rotatable bonds is 6. The first kappa shape index (κ1) is 18.0. The molecule has 0 saturated carbocycles. The summed E-state index contributed by atoms with van der Waals surface area (Å²) in [4.78, 5) is 35.1. The Hall–Kier alpha value is -3.36. The van der Waals surface area contributed by atoms with E-state index in [0.717, 1.165) is 10.7 Å². The minimum absolute atomic E-state index is 0.146. The standard InChI is InChI=1S/C16H18N4O5/c1-10(21)17-7-8-18-16(24)15-12(22)9-14(23)20(19-15)11-5-3-4-6-13(11)25-2/h3-6,9,22H,7-8H2,1-2H3,(H,17,21)(H,18,24). The van der Waals surface area contributed by atoms with Gasteiger partial charge in [-0.25, -0.2) is 0 Å². The number of hydrogen-bond acceptors (Lipinski definition) is 6. The van der Waals surface area contributed by atoms with Gasteiger partial charge in [-0.1, -0.05) is 12.1 Å². The summed E-state index contributed by atoms with van der Waals surface area (Å²) in [5.41, 5.74) is -0.590. The zero-order chi connectivity index (χ0) is 18.4.